The van der Waals surface area contributed by atoms with Crippen molar-refractivity contribution in [2.75, 3.05) is 18.5 Å². The first-order chi connectivity index (χ1) is 13.2. The van der Waals surface area contributed by atoms with Gasteiger partial charge in [-0.15, -0.1) is 0 Å². The van der Waals surface area contributed by atoms with Crippen molar-refractivity contribution in [1.82, 2.24) is 4.90 Å². The molecule has 0 aromatic heterocycles. The Bertz CT molecular complexity index is 743. The Hall–Kier alpha value is -2.58. The number of carbonyl (C=O) groups is 3. The standard InChI is InChI=1S/C19H21F3N2O4/c20-19(21,22)13-5-7-14(8-6-13)23-16(25)11-28-18(27)12-9-17(26)24(10-12)15-3-1-2-4-15/h5-8,12,15H,1-4,9-11H2,(H,23,25)/t12-/m0/s1. The van der Waals surface area contributed by atoms with Crippen LogP contribution in [0.3, 0.4) is 0 Å². The van der Waals surface area contributed by atoms with Gasteiger partial charge in [0.15, 0.2) is 6.61 Å². The van der Waals surface area contributed by atoms with E-state index in [1.54, 1.807) is 4.90 Å². The van der Waals surface area contributed by atoms with Gasteiger partial charge in [0.2, 0.25) is 5.91 Å². The minimum atomic E-state index is -4.46. The summed E-state index contributed by atoms with van der Waals surface area (Å²) in [4.78, 5) is 37.9. The normalized spacial score (nSPS) is 20.5. The molecule has 1 aliphatic carbocycles. The highest BCUT2D eigenvalue weighted by Crippen LogP contribution is 2.31. The van der Waals surface area contributed by atoms with Crippen LogP contribution < -0.4 is 5.32 Å². The minimum absolute atomic E-state index is 0.0666. The number of amides is 2. The summed E-state index contributed by atoms with van der Waals surface area (Å²) in [6.07, 6.45) is -0.327. The molecule has 9 heteroatoms. The molecule has 1 aromatic rings. The van der Waals surface area contributed by atoms with Gasteiger partial charge in [-0.05, 0) is 37.1 Å². The van der Waals surface area contributed by atoms with E-state index in [0.717, 1.165) is 49.9 Å². The third-order valence-electron chi connectivity index (χ3n) is 5.10. The van der Waals surface area contributed by atoms with Crippen LogP contribution in [0.4, 0.5) is 18.9 Å². The van der Waals surface area contributed by atoms with Crippen LogP contribution in [-0.4, -0.2) is 41.9 Å². The zero-order valence-electron chi connectivity index (χ0n) is 15.1. The number of rotatable bonds is 5. The predicted octanol–water partition coefficient (Wildman–Crippen LogP) is 2.98. The predicted molar refractivity (Wildman–Crippen MR) is 93.1 cm³/mol. The summed E-state index contributed by atoms with van der Waals surface area (Å²) in [6, 6.07) is 4.13. The number of nitrogens with one attached hydrogen (secondary N) is 1. The molecular weight excluding hydrogens is 377 g/mol. The monoisotopic (exact) mass is 398 g/mol. The average Bonchev–Trinajstić information content (AvgIpc) is 3.28. The number of benzene rings is 1. The van der Waals surface area contributed by atoms with Crippen LogP contribution >= 0.6 is 0 Å². The lowest BCUT2D eigenvalue weighted by Crippen LogP contribution is -2.35. The average molecular weight is 398 g/mol. The SMILES string of the molecule is O=C(COC(=O)[C@H]1CC(=O)N(C2CCCC2)C1)Nc1ccc(C(F)(F)F)cc1. The molecule has 2 fully saturated rings. The van der Waals surface area contributed by atoms with Crippen LogP contribution in [0.5, 0.6) is 0 Å². The molecule has 0 spiro atoms. The molecule has 28 heavy (non-hydrogen) atoms. The molecule has 152 valence electrons. The fraction of sp³-hybridized carbons (Fsp3) is 0.526. The van der Waals surface area contributed by atoms with Crippen molar-refractivity contribution in [3.8, 4) is 0 Å². The molecule has 2 aliphatic rings. The summed E-state index contributed by atoms with van der Waals surface area (Å²) in [6.45, 7) is -0.253. The molecule has 1 atom stereocenters. The number of ether oxygens (including phenoxy) is 1. The van der Waals surface area contributed by atoms with Crippen molar-refractivity contribution in [2.24, 2.45) is 5.92 Å². The number of carbonyl (C=O) groups excluding carboxylic acids is 3. The van der Waals surface area contributed by atoms with Crippen molar-refractivity contribution in [1.29, 1.82) is 0 Å². The molecule has 3 rings (SSSR count). The lowest BCUT2D eigenvalue weighted by Gasteiger charge is -2.23. The largest absolute Gasteiger partial charge is 0.455 e. The quantitative estimate of drug-likeness (QED) is 0.774. The van der Waals surface area contributed by atoms with Gasteiger partial charge in [-0.25, -0.2) is 0 Å². The van der Waals surface area contributed by atoms with Gasteiger partial charge >= 0.3 is 12.1 Å². The molecule has 1 heterocycles. The second-order valence-electron chi connectivity index (χ2n) is 7.12. The lowest BCUT2D eigenvalue weighted by atomic mass is 10.1. The molecule has 2 amide bonds. The minimum Gasteiger partial charge on any atom is -0.455 e. The highest BCUT2D eigenvalue weighted by molar-refractivity contribution is 5.93. The van der Waals surface area contributed by atoms with Crippen LogP contribution in [0.2, 0.25) is 0 Å². The summed E-state index contributed by atoms with van der Waals surface area (Å²) in [5.41, 5.74) is -0.660. The van der Waals surface area contributed by atoms with E-state index in [0.29, 0.717) is 6.54 Å². The van der Waals surface area contributed by atoms with Crippen molar-refractivity contribution in [2.45, 2.75) is 44.3 Å². The molecule has 0 unspecified atom stereocenters. The number of anilines is 1. The van der Waals surface area contributed by atoms with Gasteiger partial charge in [-0.3, -0.25) is 14.4 Å². The zero-order valence-corrected chi connectivity index (χ0v) is 15.1. The topological polar surface area (TPSA) is 75.7 Å². The van der Waals surface area contributed by atoms with Gasteiger partial charge in [0.1, 0.15) is 0 Å². The highest BCUT2D eigenvalue weighted by Gasteiger charge is 2.39. The molecule has 0 radical (unpaired) electrons. The second kappa shape index (κ2) is 8.20. The van der Waals surface area contributed by atoms with E-state index >= 15 is 0 Å². The van der Waals surface area contributed by atoms with Crippen molar-refractivity contribution in [3.63, 3.8) is 0 Å². The number of likely N-dealkylation sites (tertiary alicyclic amines) is 1. The number of nitrogens with zero attached hydrogens (tertiary/aromatic N) is 1. The van der Waals surface area contributed by atoms with Gasteiger partial charge in [0.25, 0.3) is 5.91 Å². The number of hydrogen-bond acceptors (Lipinski definition) is 4. The molecule has 1 saturated heterocycles. The Morgan fingerprint density at radius 1 is 1.14 bits per heavy atom. The van der Waals surface area contributed by atoms with E-state index in [1.807, 2.05) is 0 Å². The summed E-state index contributed by atoms with van der Waals surface area (Å²) in [7, 11) is 0. The van der Waals surface area contributed by atoms with E-state index in [9.17, 15) is 27.6 Å². The molecule has 1 aromatic carbocycles. The molecule has 1 N–H and O–H groups in total. The van der Waals surface area contributed by atoms with E-state index in [1.165, 1.54) is 0 Å². The maximum absolute atomic E-state index is 12.5. The number of esters is 1. The van der Waals surface area contributed by atoms with Gasteiger partial charge in [-0.2, -0.15) is 13.2 Å². The highest BCUT2D eigenvalue weighted by atomic mass is 19.4. The van der Waals surface area contributed by atoms with E-state index in [-0.39, 0.29) is 24.1 Å². The number of alkyl halides is 3. The zero-order chi connectivity index (χ0) is 20.3. The molecule has 1 saturated carbocycles. The van der Waals surface area contributed by atoms with Crippen LogP contribution in [0.1, 0.15) is 37.7 Å². The maximum atomic E-state index is 12.5. The van der Waals surface area contributed by atoms with E-state index in [4.69, 9.17) is 4.74 Å². The summed E-state index contributed by atoms with van der Waals surface area (Å²) in [5.74, 6) is -1.93. The van der Waals surface area contributed by atoms with E-state index in [2.05, 4.69) is 5.32 Å². The third kappa shape index (κ3) is 4.82. The van der Waals surface area contributed by atoms with Crippen molar-refractivity contribution >= 4 is 23.5 Å². The number of halogens is 3. The fourth-order valence-corrected chi connectivity index (χ4v) is 3.65. The van der Waals surface area contributed by atoms with Crippen LogP contribution in [-0.2, 0) is 25.3 Å². The molecule has 0 bridgehead atoms. The first kappa shape index (κ1) is 20.2. The Balaban J connectivity index is 1.45. The van der Waals surface area contributed by atoms with Crippen molar-refractivity contribution in [3.05, 3.63) is 29.8 Å². The molecule has 1 aliphatic heterocycles. The van der Waals surface area contributed by atoms with Gasteiger partial charge in [0, 0.05) is 24.7 Å². The van der Waals surface area contributed by atoms with Crippen LogP contribution in [0.15, 0.2) is 24.3 Å². The van der Waals surface area contributed by atoms with E-state index < -0.39 is 36.1 Å². The van der Waals surface area contributed by atoms with Crippen LogP contribution in [0.25, 0.3) is 0 Å². The number of hydrogen-bond donors (Lipinski definition) is 1. The maximum Gasteiger partial charge on any atom is 0.416 e. The molecular formula is C19H21F3N2O4. The van der Waals surface area contributed by atoms with Gasteiger partial charge < -0.3 is 15.0 Å². The smallest absolute Gasteiger partial charge is 0.416 e. The lowest BCUT2D eigenvalue weighted by molar-refractivity contribution is -0.151. The second-order valence-corrected chi connectivity index (χ2v) is 7.12. The Morgan fingerprint density at radius 3 is 2.39 bits per heavy atom. The molecule has 6 nitrogen and oxygen atoms in total. The first-order valence-corrected chi connectivity index (χ1v) is 9.17. The fourth-order valence-electron chi connectivity index (χ4n) is 3.65. The Labute approximate surface area is 160 Å². The van der Waals surface area contributed by atoms with Crippen molar-refractivity contribution < 1.29 is 32.3 Å². The third-order valence-corrected chi connectivity index (χ3v) is 5.10. The summed E-state index contributed by atoms with van der Waals surface area (Å²) >= 11 is 0. The first-order valence-electron chi connectivity index (χ1n) is 9.17. The van der Waals surface area contributed by atoms with Crippen LogP contribution in [0, 0.1) is 5.92 Å². The van der Waals surface area contributed by atoms with Gasteiger partial charge in [0.05, 0.1) is 11.5 Å². The Kier molecular flexibility index (Phi) is 5.90. The summed E-state index contributed by atoms with van der Waals surface area (Å²) in [5, 5.41) is 2.37. The van der Waals surface area contributed by atoms with Gasteiger partial charge in [-0.1, -0.05) is 12.8 Å². The summed E-state index contributed by atoms with van der Waals surface area (Å²) < 4.78 is 42.6. The Morgan fingerprint density at radius 2 is 1.79 bits per heavy atom.